The highest BCUT2D eigenvalue weighted by atomic mass is 79.9. The van der Waals surface area contributed by atoms with Gasteiger partial charge >= 0.3 is 0 Å². The lowest BCUT2D eigenvalue weighted by Gasteiger charge is -2.06. The van der Waals surface area contributed by atoms with E-state index in [9.17, 15) is 4.79 Å². The average Bonchev–Trinajstić information content (AvgIpc) is 2.61. The summed E-state index contributed by atoms with van der Waals surface area (Å²) >= 11 is 8.22. The molecule has 0 saturated carbocycles. The Labute approximate surface area is 120 Å². The van der Waals surface area contributed by atoms with Gasteiger partial charge in [-0.2, -0.15) is 0 Å². The highest BCUT2D eigenvalue weighted by Crippen LogP contribution is 2.34. The molecule has 5 heteroatoms. The van der Waals surface area contributed by atoms with E-state index in [0.29, 0.717) is 16.8 Å². The van der Waals surface area contributed by atoms with E-state index in [1.807, 2.05) is 19.1 Å². The summed E-state index contributed by atoms with van der Waals surface area (Å²) in [6.07, 6.45) is 0. The van der Waals surface area contributed by atoms with Crippen molar-refractivity contribution in [1.29, 1.82) is 0 Å². The van der Waals surface area contributed by atoms with Crippen LogP contribution in [0.1, 0.15) is 21.5 Å². The number of hydrogen-bond donors (Lipinski definition) is 1. The maximum Gasteiger partial charge on any atom is 0.197 e. The molecule has 0 atom stereocenters. The van der Waals surface area contributed by atoms with Crippen LogP contribution in [0.2, 0.25) is 0 Å². The van der Waals surface area contributed by atoms with Gasteiger partial charge in [-0.05, 0) is 56.5 Å². The molecular weight excluding hydrogens is 366 g/mol. The fourth-order valence-electron chi connectivity index (χ4n) is 1.52. The van der Waals surface area contributed by atoms with Crippen LogP contribution >= 0.6 is 43.2 Å². The van der Waals surface area contributed by atoms with Crippen LogP contribution in [0.4, 0.5) is 5.69 Å². The molecule has 17 heavy (non-hydrogen) atoms. The molecule has 0 fully saturated rings. The Balaban J connectivity index is 2.51. The number of carbonyl (C=O) groups excluding carboxylic acids is 1. The molecule has 0 bridgehead atoms. The summed E-state index contributed by atoms with van der Waals surface area (Å²) < 4.78 is 1.73. The molecule has 0 saturated heterocycles. The van der Waals surface area contributed by atoms with Gasteiger partial charge in [-0.3, -0.25) is 4.79 Å². The molecule has 1 aromatic carbocycles. The monoisotopic (exact) mass is 373 g/mol. The fraction of sp³-hybridized carbons (Fsp3) is 0.0833. The summed E-state index contributed by atoms with van der Waals surface area (Å²) in [4.78, 5) is 12.3. The topological polar surface area (TPSA) is 43.1 Å². The molecule has 1 aromatic heterocycles. The van der Waals surface area contributed by atoms with Crippen LogP contribution in [0, 0.1) is 6.92 Å². The number of rotatable bonds is 2. The maximum absolute atomic E-state index is 12.3. The van der Waals surface area contributed by atoms with Gasteiger partial charge in [0.05, 0.1) is 7.57 Å². The molecule has 2 rings (SSSR count). The van der Waals surface area contributed by atoms with Crippen LogP contribution in [-0.4, -0.2) is 5.78 Å². The molecule has 1 heterocycles. The Morgan fingerprint density at radius 3 is 2.59 bits per heavy atom. The van der Waals surface area contributed by atoms with Crippen molar-refractivity contribution >= 4 is 54.7 Å². The van der Waals surface area contributed by atoms with Gasteiger partial charge in [0, 0.05) is 16.8 Å². The Hall–Kier alpha value is -0.650. The van der Waals surface area contributed by atoms with E-state index in [-0.39, 0.29) is 5.78 Å². The molecule has 0 spiro atoms. The lowest BCUT2D eigenvalue weighted by atomic mass is 10.0. The second kappa shape index (κ2) is 4.92. The highest BCUT2D eigenvalue weighted by Gasteiger charge is 2.18. The van der Waals surface area contributed by atoms with Crippen LogP contribution in [-0.2, 0) is 0 Å². The summed E-state index contributed by atoms with van der Waals surface area (Å²) in [5, 5.41) is 0. The van der Waals surface area contributed by atoms with E-state index < -0.39 is 0 Å². The van der Waals surface area contributed by atoms with Crippen molar-refractivity contribution < 1.29 is 4.79 Å². The van der Waals surface area contributed by atoms with Gasteiger partial charge in [0.15, 0.2) is 5.78 Å². The summed E-state index contributed by atoms with van der Waals surface area (Å²) in [6.45, 7) is 1.89. The van der Waals surface area contributed by atoms with Crippen molar-refractivity contribution in [3.8, 4) is 0 Å². The number of thiophene rings is 1. The van der Waals surface area contributed by atoms with E-state index in [4.69, 9.17) is 5.73 Å². The minimum Gasteiger partial charge on any atom is -0.398 e. The molecule has 2 nitrogen and oxygen atoms in total. The zero-order chi connectivity index (χ0) is 12.6. The SMILES string of the molecule is Cc1cccc(C(=O)c2cc(Br)sc2Br)c1N. The Morgan fingerprint density at radius 2 is 2.00 bits per heavy atom. The lowest BCUT2D eigenvalue weighted by Crippen LogP contribution is -2.06. The summed E-state index contributed by atoms with van der Waals surface area (Å²) in [7, 11) is 0. The van der Waals surface area contributed by atoms with Crippen molar-refractivity contribution in [3.05, 3.63) is 48.5 Å². The normalized spacial score (nSPS) is 10.5. The number of ketones is 1. The number of anilines is 1. The van der Waals surface area contributed by atoms with Crippen molar-refractivity contribution in [2.45, 2.75) is 6.92 Å². The predicted octanol–water partition coefficient (Wildman–Crippen LogP) is 4.39. The first-order valence-electron chi connectivity index (χ1n) is 4.85. The highest BCUT2D eigenvalue weighted by molar-refractivity contribution is 9.12. The molecular formula is C12H9Br2NOS. The Bertz CT molecular complexity index is 592. The largest absolute Gasteiger partial charge is 0.398 e. The summed E-state index contributed by atoms with van der Waals surface area (Å²) in [5.74, 6) is -0.0555. The molecule has 0 radical (unpaired) electrons. The summed E-state index contributed by atoms with van der Waals surface area (Å²) in [5.41, 5.74) is 8.59. The maximum atomic E-state index is 12.3. The second-order valence-corrected chi connectivity index (χ2v) is 7.35. The van der Waals surface area contributed by atoms with Gasteiger partial charge in [-0.15, -0.1) is 11.3 Å². The number of carbonyl (C=O) groups is 1. The predicted molar refractivity (Wildman–Crippen MR) is 78.7 cm³/mol. The zero-order valence-electron chi connectivity index (χ0n) is 8.96. The minimum atomic E-state index is -0.0555. The number of nitrogen functional groups attached to an aromatic ring is 1. The molecule has 0 aliphatic carbocycles. The first kappa shape index (κ1) is 12.8. The number of hydrogen-bond acceptors (Lipinski definition) is 3. The van der Waals surface area contributed by atoms with Gasteiger partial charge in [0.2, 0.25) is 0 Å². The molecule has 0 unspecified atom stereocenters. The van der Waals surface area contributed by atoms with Crippen LogP contribution < -0.4 is 5.73 Å². The van der Waals surface area contributed by atoms with E-state index >= 15 is 0 Å². The first-order chi connectivity index (χ1) is 8.00. The van der Waals surface area contributed by atoms with Crippen molar-refractivity contribution in [1.82, 2.24) is 0 Å². The molecule has 2 aromatic rings. The Morgan fingerprint density at radius 1 is 1.29 bits per heavy atom. The van der Waals surface area contributed by atoms with Gasteiger partial charge in [0.25, 0.3) is 0 Å². The number of benzene rings is 1. The van der Waals surface area contributed by atoms with E-state index in [0.717, 1.165) is 13.1 Å². The van der Waals surface area contributed by atoms with Crippen LogP contribution in [0.15, 0.2) is 31.8 Å². The van der Waals surface area contributed by atoms with Crippen LogP contribution in [0.5, 0.6) is 0 Å². The smallest absolute Gasteiger partial charge is 0.197 e. The average molecular weight is 375 g/mol. The quantitative estimate of drug-likeness (QED) is 0.625. The minimum absolute atomic E-state index is 0.0555. The van der Waals surface area contributed by atoms with E-state index in [1.54, 1.807) is 12.1 Å². The summed E-state index contributed by atoms with van der Waals surface area (Å²) in [6, 6.07) is 7.29. The lowest BCUT2D eigenvalue weighted by molar-refractivity contribution is 0.103. The third-order valence-electron chi connectivity index (χ3n) is 2.47. The van der Waals surface area contributed by atoms with Gasteiger partial charge in [-0.1, -0.05) is 12.1 Å². The number of nitrogens with two attached hydrogens (primary N) is 1. The number of aryl methyl sites for hydroxylation is 1. The molecule has 2 N–H and O–H groups in total. The fourth-order valence-corrected chi connectivity index (χ4v) is 4.31. The molecule has 88 valence electrons. The third-order valence-corrected chi connectivity index (χ3v) is 4.81. The van der Waals surface area contributed by atoms with E-state index in [2.05, 4.69) is 31.9 Å². The van der Waals surface area contributed by atoms with Crippen molar-refractivity contribution in [3.63, 3.8) is 0 Å². The second-order valence-electron chi connectivity index (χ2n) is 3.60. The van der Waals surface area contributed by atoms with Gasteiger partial charge in [-0.25, -0.2) is 0 Å². The van der Waals surface area contributed by atoms with Crippen LogP contribution in [0.25, 0.3) is 0 Å². The van der Waals surface area contributed by atoms with Gasteiger partial charge < -0.3 is 5.73 Å². The number of para-hydroxylation sites is 1. The standard InChI is InChI=1S/C12H9Br2NOS/c1-6-3-2-4-7(10(6)15)11(16)8-5-9(13)17-12(8)14/h2-5H,15H2,1H3. The number of halogens is 2. The van der Waals surface area contributed by atoms with Crippen molar-refractivity contribution in [2.75, 3.05) is 5.73 Å². The van der Waals surface area contributed by atoms with Gasteiger partial charge in [0.1, 0.15) is 0 Å². The molecule has 0 aliphatic rings. The zero-order valence-corrected chi connectivity index (χ0v) is 12.9. The third kappa shape index (κ3) is 2.46. The van der Waals surface area contributed by atoms with Crippen LogP contribution in [0.3, 0.4) is 0 Å². The molecule has 0 amide bonds. The van der Waals surface area contributed by atoms with E-state index in [1.165, 1.54) is 11.3 Å². The van der Waals surface area contributed by atoms with Crippen molar-refractivity contribution in [2.24, 2.45) is 0 Å². The molecule has 0 aliphatic heterocycles. The Kier molecular flexibility index (Phi) is 3.70. The first-order valence-corrected chi connectivity index (χ1v) is 7.25.